The molecule has 2 aromatic heterocycles. The van der Waals surface area contributed by atoms with Crippen LogP contribution >= 0.6 is 11.3 Å². The normalized spacial score (nSPS) is 16.4. The van der Waals surface area contributed by atoms with Crippen LogP contribution in [0.25, 0.3) is 0 Å². The number of carbonyl (C=O) groups is 2. The average Bonchev–Trinajstić information content (AvgIpc) is 3.16. The molecule has 2 aliphatic rings. The van der Waals surface area contributed by atoms with Gasteiger partial charge in [-0.25, -0.2) is 14.8 Å². The molecule has 10 heteroatoms. The third-order valence-corrected chi connectivity index (χ3v) is 6.37. The van der Waals surface area contributed by atoms with Gasteiger partial charge in [-0.15, -0.1) is 0 Å². The van der Waals surface area contributed by atoms with Crippen LogP contribution in [-0.4, -0.2) is 45.6 Å². The molecule has 0 radical (unpaired) electrons. The molecular weight excluding hydrogens is 430 g/mol. The van der Waals surface area contributed by atoms with E-state index in [1.54, 1.807) is 12.1 Å². The van der Waals surface area contributed by atoms with Crippen molar-refractivity contribution in [2.24, 2.45) is 0 Å². The highest BCUT2D eigenvalue weighted by atomic mass is 32.1. The molecule has 5 rings (SSSR count). The first-order chi connectivity index (χ1) is 15.3. The Kier molecular flexibility index (Phi) is 4.74. The summed E-state index contributed by atoms with van der Waals surface area (Å²) in [4.78, 5) is 35.3. The first-order valence-electron chi connectivity index (χ1n) is 10.1. The van der Waals surface area contributed by atoms with Crippen LogP contribution in [0.1, 0.15) is 39.7 Å². The van der Waals surface area contributed by atoms with Gasteiger partial charge in [-0.2, -0.15) is 0 Å². The Balaban J connectivity index is 1.47. The number of aromatic nitrogens is 2. The van der Waals surface area contributed by atoms with Crippen LogP contribution < -0.4 is 20.3 Å². The van der Waals surface area contributed by atoms with Gasteiger partial charge in [0.05, 0.1) is 17.9 Å². The van der Waals surface area contributed by atoms with Crippen LogP contribution in [0.2, 0.25) is 0 Å². The number of carboxylic acid groups (broad SMARTS) is 1. The number of aromatic carboxylic acids is 1. The third kappa shape index (κ3) is 3.73. The number of ether oxygens (including phenoxy) is 1. The molecule has 3 N–H and O–H groups in total. The fourth-order valence-corrected chi connectivity index (χ4v) is 4.86. The topological polar surface area (TPSA) is 117 Å². The quantitative estimate of drug-likeness (QED) is 0.551. The molecule has 164 valence electrons. The van der Waals surface area contributed by atoms with E-state index in [0.717, 1.165) is 22.2 Å². The number of carboxylic acids is 1. The highest BCUT2D eigenvalue weighted by Gasteiger charge is 2.34. The van der Waals surface area contributed by atoms with Gasteiger partial charge < -0.3 is 25.4 Å². The van der Waals surface area contributed by atoms with E-state index < -0.39 is 5.97 Å². The standard InChI is InChI=1S/C22H21N5O4S/c1-22(2)11-14-18(19(28)26-22)32-21(25-14)27-8-9-31-16-7-6-12(10-15(16)27)23-17-5-3-4-13(24-17)20(29)30/h3-7,10H,8-9,11H2,1-2H3,(H,23,24)(H,26,28)(H,29,30). The second-order valence-electron chi connectivity index (χ2n) is 8.31. The molecule has 3 aromatic rings. The van der Waals surface area contributed by atoms with E-state index in [0.29, 0.717) is 36.0 Å². The summed E-state index contributed by atoms with van der Waals surface area (Å²) in [6.45, 7) is 5.08. The van der Waals surface area contributed by atoms with Crippen molar-refractivity contribution in [1.82, 2.24) is 15.3 Å². The van der Waals surface area contributed by atoms with Crippen LogP contribution in [0.15, 0.2) is 36.4 Å². The predicted octanol–water partition coefficient (Wildman–Crippen LogP) is 3.57. The summed E-state index contributed by atoms with van der Waals surface area (Å²) in [5, 5.41) is 16.1. The van der Waals surface area contributed by atoms with Gasteiger partial charge in [-0.1, -0.05) is 17.4 Å². The number of anilines is 4. The number of rotatable bonds is 4. The molecule has 0 unspecified atom stereocenters. The lowest BCUT2D eigenvalue weighted by Gasteiger charge is -2.29. The number of amides is 1. The minimum Gasteiger partial charge on any atom is -0.490 e. The summed E-state index contributed by atoms with van der Waals surface area (Å²) < 4.78 is 5.82. The molecule has 0 spiro atoms. The summed E-state index contributed by atoms with van der Waals surface area (Å²) in [6, 6.07) is 10.4. The molecule has 0 aliphatic carbocycles. The fraction of sp³-hybridized carbons (Fsp3) is 0.273. The summed E-state index contributed by atoms with van der Waals surface area (Å²) in [7, 11) is 0. The maximum Gasteiger partial charge on any atom is 0.354 e. The van der Waals surface area contributed by atoms with Crippen molar-refractivity contribution in [2.75, 3.05) is 23.4 Å². The molecule has 9 nitrogen and oxygen atoms in total. The van der Waals surface area contributed by atoms with Crippen LogP contribution in [-0.2, 0) is 6.42 Å². The minimum atomic E-state index is -1.08. The molecule has 0 atom stereocenters. The van der Waals surface area contributed by atoms with Gasteiger partial charge in [0.25, 0.3) is 5.91 Å². The van der Waals surface area contributed by atoms with Crippen molar-refractivity contribution in [3.05, 3.63) is 52.7 Å². The van der Waals surface area contributed by atoms with Crippen molar-refractivity contribution in [1.29, 1.82) is 0 Å². The summed E-state index contributed by atoms with van der Waals surface area (Å²) >= 11 is 1.38. The van der Waals surface area contributed by atoms with Gasteiger partial charge in [-0.3, -0.25) is 4.79 Å². The largest absolute Gasteiger partial charge is 0.490 e. The first kappa shape index (κ1) is 20.3. The second-order valence-corrected chi connectivity index (χ2v) is 9.29. The Bertz CT molecular complexity index is 1240. The van der Waals surface area contributed by atoms with Crippen molar-refractivity contribution in [3.8, 4) is 5.75 Å². The van der Waals surface area contributed by atoms with Crippen molar-refractivity contribution >= 4 is 45.5 Å². The van der Waals surface area contributed by atoms with Gasteiger partial charge >= 0.3 is 5.97 Å². The molecule has 4 heterocycles. The van der Waals surface area contributed by atoms with E-state index >= 15 is 0 Å². The Morgan fingerprint density at radius 2 is 2.12 bits per heavy atom. The number of fused-ring (bicyclic) bond motifs is 2. The maximum atomic E-state index is 12.5. The molecule has 0 saturated carbocycles. The number of pyridine rings is 1. The van der Waals surface area contributed by atoms with E-state index in [4.69, 9.17) is 14.8 Å². The fourth-order valence-electron chi connectivity index (χ4n) is 3.84. The molecule has 1 aromatic carbocycles. The number of hydrogen-bond donors (Lipinski definition) is 3. The van der Waals surface area contributed by atoms with Gasteiger partial charge in [0, 0.05) is 17.6 Å². The number of hydrogen-bond acceptors (Lipinski definition) is 8. The van der Waals surface area contributed by atoms with E-state index in [1.807, 2.05) is 36.9 Å². The predicted molar refractivity (Wildman–Crippen MR) is 121 cm³/mol. The molecule has 1 amide bonds. The summed E-state index contributed by atoms with van der Waals surface area (Å²) in [5.74, 6) is -0.0318. The van der Waals surface area contributed by atoms with Gasteiger partial charge in [0.2, 0.25) is 0 Å². The lowest BCUT2D eigenvalue weighted by molar-refractivity contribution is 0.0690. The second kappa shape index (κ2) is 7.49. The molecular formula is C22H21N5O4S. The zero-order valence-corrected chi connectivity index (χ0v) is 18.3. The smallest absolute Gasteiger partial charge is 0.354 e. The zero-order chi connectivity index (χ0) is 22.5. The SMILES string of the molecule is CC1(C)Cc2nc(N3CCOc4ccc(Nc5cccc(C(=O)O)n5)cc43)sc2C(=O)N1. The van der Waals surface area contributed by atoms with E-state index in [-0.39, 0.29) is 17.1 Å². The Morgan fingerprint density at radius 1 is 1.28 bits per heavy atom. The van der Waals surface area contributed by atoms with Crippen LogP contribution in [0.5, 0.6) is 5.75 Å². The number of carbonyl (C=O) groups excluding carboxylic acids is 1. The number of thiazole rings is 1. The number of benzene rings is 1. The van der Waals surface area contributed by atoms with Gasteiger partial charge in [-0.05, 0) is 44.2 Å². The van der Waals surface area contributed by atoms with Crippen LogP contribution in [0, 0.1) is 0 Å². The Labute approximate surface area is 188 Å². The third-order valence-electron chi connectivity index (χ3n) is 5.25. The molecule has 32 heavy (non-hydrogen) atoms. The lowest BCUT2D eigenvalue weighted by Crippen LogP contribution is -2.48. The highest BCUT2D eigenvalue weighted by Crippen LogP contribution is 2.42. The molecule has 0 bridgehead atoms. The zero-order valence-electron chi connectivity index (χ0n) is 17.5. The number of nitrogens with zero attached hydrogens (tertiary/aromatic N) is 3. The maximum absolute atomic E-state index is 12.5. The lowest BCUT2D eigenvalue weighted by atomic mass is 9.94. The van der Waals surface area contributed by atoms with Gasteiger partial charge in [0.1, 0.15) is 23.1 Å². The monoisotopic (exact) mass is 451 g/mol. The van der Waals surface area contributed by atoms with E-state index in [1.165, 1.54) is 17.4 Å². The summed E-state index contributed by atoms with van der Waals surface area (Å²) in [6.07, 6.45) is 0.676. The van der Waals surface area contributed by atoms with Crippen LogP contribution in [0.4, 0.5) is 22.3 Å². The molecule has 2 aliphatic heterocycles. The van der Waals surface area contributed by atoms with Crippen molar-refractivity contribution < 1.29 is 19.4 Å². The average molecular weight is 452 g/mol. The first-order valence-corrected chi connectivity index (χ1v) is 10.9. The number of nitrogens with one attached hydrogen (secondary N) is 2. The van der Waals surface area contributed by atoms with E-state index in [2.05, 4.69) is 15.6 Å². The van der Waals surface area contributed by atoms with Crippen LogP contribution in [0.3, 0.4) is 0 Å². The van der Waals surface area contributed by atoms with Gasteiger partial charge in [0.15, 0.2) is 10.8 Å². The highest BCUT2D eigenvalue weighted by molar-refractivity contribution is 7.17. The Hall–Kier alpha value is -3.66. The summed E-state index contributed by atoms with van der Waals surface area (Å²) in [5.41, 5.74) is 2.01. The van der Waals surface area contributed by atoms with Crippen molar-refractivity contribution in [2.45, 2.75) is 25.8 Å². The minimum absolute atomic E-state index is 0.0347. The van der Waals surface area contributed by atoms with E-state index in [9.17, 15) is 9.59 Å². The molecule has 0 saturated heterocycles. The molecule has 0 fully saturated rings. The Morgan fingerprint density at radius 3 is 2.94 bits per heavy atom. The van der Waals surface area contributed by atoms with Crippen molar-refractivity contribution in [3.63, 3.8) is 0 Å².